The number of hydrogen-bond acceptors (Lipinski definition) is 6. The lowest BCUT2D eigenvalue weighted by Gasteiger charge is -2.25. The van der Waals surface area contributed by atoms with Crippen molar-refractivity contribution in [3.8, 4) is 0 Å². The molecule has 1 aromatic heterocycles. The summed E-state index contributed by atoms with van der Waals surface area (Å²) in [6.07, 6.45) is 2.50. The fraction of sp³-hybridized carbons (Fsp3) is 0.343. The normalized spacial score (nSPS) is 16.4. The number of likely N-dealkylation sites (tertiary alicyclic amines) is 1. The monoisotopic (exact) mass is 616 g/mol. The van der Waals surface area contributed by atoms with Gasteiger partial charge < -0.3 is 25.1 Å². The molecule has 2 heterocycles. The first-order chi connectivity index (χ1) is 21.6. The molecule has 0 bridgehead atoms. The van der Waals surface area contributed by atoms with E-state index in [1.54, 1.807) is 47.6 Å². The Kier molecular flexibility index (Phi) is 10.0. The number of aryl methyl sites for hydroxylation is 1. The molecule has 236 valence electrons. The Morgan fingerprint density at radius 1 is 1.04 bits per heavy atom. The predicted octanol–water partition coefficient (Wildman–Crippen LogP) is 5.56. The van der Waals surface area contributed by atoms with Crippen molar-refractivity contribution in [2.45, 2.75) is 63.8 Å². The second-order valence-electron chi connectivity index (χ2n) is 11.6. The average molecular weight is 617 g/mol. The maximum atomic E-state index is 13.8. The number of hydrogen-bond donors (Lipinski definition) is 3. The molecule has 3 aromatic carbocycles. The number of rotatable bonds is 12. The summed E-state index contributed by atoms with van der Waals surface area (Å²) in [5.41, 5.74) is 2.92. The lowest BCUT2D eigenvalue weighted by atomic mass is 10.00. The number of benzene rings is 3. The van der Waals surface area contributed by atoms with E-state index in [0.717, 1.165) is 31.0 Å². The van der Waals surface area contributed by atoms with Gasteiger partial charge >= 0.3 is 0 Å². The molecule has 2 amide bonds. The highest BCUT2D eigenvalue weighted by atomic mass is 19.3. The zero-order valence-electron chi connectivity index (χ0n) is 25.4. The van der Waals surface area contributed by atoms with E-state index in [0.29, 0.717) is 35.5 Å². The first kappa shape index (κ1) is 32.0. The minimum absolute atomic E-state index is 0.0785. The van der Waals surface area contributed by atoms with Crippen molar-refractivity contribution in [2.24, 2.45) is 0 Å². The summed E-state index contributed by atoms with van der Waals surface area (Å²) in [5, 5.41) is 17.3. The summed E-state index contributed by atoms with van der Waals surface area (Å²) in [6, 6.07) is 21.2. The molecule has 8 nitrogen and oxygen atoms in total. The van der Waals surface area contributed by atoms with Crippen LogP contribution in [-0.4, -0.2) is 52.0 Å². The van der Waals surface area contributed by atoms with Crippen LogP contribution in [0.2, 0.25) is 0 Å². The molecule has 1 aliphatic heterocycles. The van der Waals surface area contributed by atoms with Gasteiger partial charge in [0.05, 0.1) is 17.8 Å². The van der Waals surface area contributed by atoms with Gasteiger partial charge in [-0.1, -0.05) is 54.6 Å². The predicted molar refractivity (Wildman–Crippen MR) is 166 cm³/mol. The number of nitrogens with zero attached hydrogens (tertiary/aromatic N) is 2. The molecule has 1 saturated heterocycles. The number of halogens is 2. The molecule has 0 radical (unpaired) electrons. The van der Waals surface area contributed by atoms with Crippen LogP contribution in [-0.2, 0) is 18.9 Å². The third-order valence-electron chi connectivity index (χ3n) is 8.00. The Morgan fingerprint density at radius 3 is 2.51 bits per heavy atom. The highest BCUT2D eigenvalue weighted by Crippen LogP contribution is 2.33. The molecule has 5 rings (SSSR count). The van der Waals surface area contributed by atoms with E-state index in [9.17, 15) is 23.5 Å². The Hall–Kier alpha value is -4.41. The highest BCUT2D eigenvalue weighted by Gasteiger charge is 2.34. The van der Waals surface area contributed by atoms with Gasteiger partial charge in [-0.2, -0.15) is 0 Å². The third kappa shape index (κ3) is 8.20. The van der Waals surface area contributed by atoms with Gasteiger partial charge in [-0.15, -0.1) is 0 Å². The van der Waals surface area contributed by atoms with E-state index in [4.69, 9.17) is 4.42 Å². The molecule has 3 unspecified atom stereocenters. The van der Waals surface area contributed by atoms with Gasteiger partial charge in [0.1, 0.15) is 12.3 Å². The number of aliphatic hydroxyl groups excluding tert-OH is 1. The number of nitrogens with one attached hydrogen (secondary N) is 2. The quantitative estimate of drug-likeness (QED) is 0.192. The fourth-order valence-electron chi connectivity index (χ4n) is 5.62. The SMILES string of the molecule is Cc1coc(C2CCCN2C(=O)c2cccc(C(=O)NC(Cc3ccccc3)C(O)CNCc3cccc(C(C)(F)F)c3)c2)n1. The first-order valence-electron chi connectivity index (χ1n) is 15.1. The molecule has 1 fully saturated rings. The summed E-state index contributed by atoms with van der Waals surface area (Å²) in [4.78, 5) is 33.2. The molecule has 0 spiro atoms. The third-order valence-corrected chi connectivity index (χ3v) is 8.00. The van der Waals surface area contributed by atoms with Crippen molar-refractivity contribution in [1.29, 1.82) is 0 Å². The maximum absolute atomic E-state index is 13.8. The van der Waals surface area contributed by atoms with Gasteiger partial charge in [0.15, 0.2) is 0 Å². The Bertz CT molecular complexity index is 1600. The minimum atomic E-state index is -2.95. The van der Waals surface area contributed by atoms with Crippen LogP contribution >= 0.6 is 0 Å². The standard InChI is InChI=1S/C35H38F2N4O4/c1-23-22-45-33(39-23)30-15-8-16-41(30)34(44)27-13-7-12-26(19-27)32(43)40-29(18-24-9-4-3-5-10-24)31(42)21-38-20-25-11-6-14-28(17-25)35(2,36)37/h3-7,9-14,17,19,22,29-31,38,42H,8,15-16,18,20-21H2,1-2H3,(H,40,43). The number of aromatic nitrogens is 1. The summed E-state index contributed by atoms with van der Waals surface area (Å²) < 4.78 is 33.1. The largest absolute Gasteiger partial charge is 0.446 e. The summed E-state index contributed by atoms with van der Waals surface area (Å²) >= 11 is 0. The number of oxazole rings is 1. The van der Waals surface area contributed by atoms with Crippen molar-refractivity contribution in [1.82, 2.24) is 20.5 Å². The van der Waals surface area contributed by atoms with Crippen LogP contribution in [0, 0.1) is 6.92 Å². The molecular formula is C35H38F2N4O4. The van der Waals surface area contributed by atoms with E-state index in [-0.39, 0.29) is 30.6 Å². The molecule has 45 heavy (non-hydrogen) atoms. The second-order valence-corrected chi connectivity index (χ2v) is 11.6. The van der Waals surface area contributed by atoms with Gasteiger partial charge in [0.2, 0.25) is 5.89 Å². The van der Waals surface area contributed by atoms with Crippen LogP contribution < -0.4 is 10.6 Å². The van der Waals surface area contributed by atoms with E-state index in [2.05, 4.69) is 15.6 Å². The van der Waals surface area contributed by atoms with Crippen molar-refractivity contribution >= 4 is 11.8 Å². The topological polar surface area (TPSA) is 108 Å². The van der Waals surface area contributed by atoms with E-state index < -0.39 is 24.0 Å². The van der Waals surface area contributed by atoms with Crippen molar-refractivity contribution in [3.63, 3.8) is 0 Å². The summed E-state index contributed by atoms with van der Waals surface area (Å²) in [6.45, 7) is 3.63. The van der Waals surface area contributed by atoms with Crippen molar-refractivity contribution in [3.05, 3.63) is 125 Å². The van der Waals surface area contributed by atoms with Crippen LogP contribution in [0.15, 0.2) is 89.5 Å². The lowest BCUT2D eigenvalue weighted by molar-refractivity contribution is 0.0173. The van der Waals surface area contributed by atoms with E-state index in [1.807, 2.05) is 37.3 Å². The Morgan fingerprint density at radius 2 is 1.78 bits per heavy atom. The molecule has 1 aliphatic rings. The van der Waals surface area contributed by atoms with Gasteiger partial charge in [0.25, 0.3) is 17.7 Å². The van der Waals surface area contributed by atoms with Crippen molar-refractivity contribution < 1.29 is 27.9 Å². The maximum Gasteiger partial charge on any atom is 0.270 e. The van der Waals surface area contributed by atoms with Crippen LogP contribution in [0.1, 0.15) is 74.8 Å². The molecule has 3 N–H and O–H groups in total. The molecule has 0 saturated carbocycles. The van der Waals surface area contributed by atoms with Gasteiger partial charge in [-0.05, 0) is 61.6 Å². The van der Waals surface area contributed by atoms with Crippen molar-refractivity contribution in [2.75, 3.05) is 13.1 Å². The minimum Gasteiger partial charge on any atom is -0.446 e. The molecular weight excluding hydrogens is 578 g/mol. The zero-order valence-corrected chi connectivity index (χ0v) is 25.4. The van der Waals surface area contributed by atoms with E-state index >= 15 is 0 Å². The molecule has 3 atom stereocenters. The number of carbonyl (C=O) groups excluding carboxylic acids is 2. The summed E-state index contributed by atoms with van der Waals surface area (Å²) in [5.74, 6) is -3.08. The molecule has 10 heteroatoms. The Labute approximate surface area is 261 Å². The number of alkyl halides is 2. The van der Waals surface area contributed by atoms with Gasteiger partial charge in [0, 0.05) is 43.2 Å². The van der Waals surface area contributed by atoms with Crippen LogP contribution in [0.4, 0.5) is 8.78 Å². The first-order valence-corrected chi connectivity index (χ1v) is 15.1. The van der Waals surface area contributed by atoms with Gasteiger partial charge in [-0.25, -0.2) is 13.8 Å². The smallest absolute Gasteiger partial charge is 0.270 e. The van der Waals surface area contributed by atoms with Crippen LogP contribution in [0.5, 0.6) is 0 Å². The fourth-order valence-corrected chi connectivity index (χ4v) is 5.62. The second kappa shape index (κ2) is 14.1. The van der Waals surface area contributed by atoms with Crippen LogP contribution in [0.25, 0.3) is 0 Å². The number of amides is 2. The lowest BCUT2D eigenvalue weighted by Crippen LogP contribution is -2.48. The number of aliphatic hydroxyl groups is 1. The van der Waals surface area contributed by atoms with Crippen LogP contribution in [0.3, 0.4) is 0 Å². The van der Waals surface area contributed by atoms with E-state index in [1.165, 1.54) is 12.1 Å². The summed E-state index contributed by atoms with van der Waals surface area (Å²) in [7, 11) is 0. The molecule has 4 aromatic rings. The highest BCUT2D eigenvalue weighted by molar-refractivity contribution is 6.00. The molecule has 0 aliphatic carbocycles. The Balaban J connectivity index is 1.26. The zero-order chi connectivity index (χ0) is 32.0. The average Bonchev–Trinajstić information content (AvgIpc) is 3.70. The van der Waals surface area contributed by atoms with Gasteiger partial charge in [-0.3, -0.25) is 9.59 Å². The number of carbonyl (C=O) groups is 2.